The van der Waals surface area contributed by atoms with Crippen molar-refractivity contribution in [2.45, 2.75) is 32.2 Å². The molecule has 1 saturated heterocycles. The third kappa shape index (κ3) is 3.04. The van der Waals surface area contributed by atoms with E-state index in [9.17, 15) is 4.79 Å². The van der Waals surface area contributed by atoms with E-state index in [1.54, 1.807) is 6.33 Å². The van der Waals surface area contributed by atoms with Crippen LogP contribution in [0.3, 0.4) is 0 Å². The highest BCUT2D eigenvalue weighted by Gasteiger charge is 2.27. The molecule has 0 bridgehead atoms. The van der Waals surface area contributed by atoms with Crippen molar-refractivity contribution in [2.75, 3.05) is 13.1 Å². The van der Waals surface area contributed by atoms with Gasteiger partial charge in [-0.25, -0.2) is 9.97 Å². The van der Waals surface area contributed by atoms with Crippen molar-refractivity contribution >= 4 is 16.9 Å². The number of carbonyl (C=O) groups is 1. The number of imidazole rings is 2. The van der Waals surface area contributed by atoms with E-state index in [1.165, 1.54) is 0 Å². The fourth-order valence-corrected chi connectivity index (χ4v) is 3.81. The van der Waals surface area contributed by atoms with Gasteiger partial charge in [0.2, 0.25) is 5.91 Å². The minimum Gasteiger partial charge on any atom is -0.340 e. The van der Waals surface area contributed by atoms with E-state index >= 15 is 0 Å². The van der Waals surface area contributed by atoms with Gasteiger partial charge in [-0.2, -0.15) is 0 Å². The lowest BCUT2D eigenvalue weighted by molar-refractivity contribution is -0.133. The van der Waals surface area contributed by atoms with Gasteiger partial charge in [-0.05, 0) is 31.9 Å². The normalized spacial score (nSPS) is 18.0. The van der Waals surface area contributed by atoms with Gasteiger partial charge in [-0.15, -0.1) is 0 Å². The van der Waals surface area contributed by atoms with E-state index < -0.39 is 0 Å². The number of piperidine rings is 1. The molecule has 0 unspecified atom stereocenters. The number of carbonyl (C=O) groups excluding carboxylic acids is 1. The van der Waals surface area contributed by atoms with Gasteiger partial charge in [0, 0.05) is 32.3 Å². The molecule has 2 aromatic heterocycles. The molecule has 1 aliphatic rings. The Morgan fingerprint density at radius 3 is 2.96 bits per heavy atom. The van der Waals surface area contributed by atoms with Crippen molar-refractivity contribution in [3.8, 4) is 0 Å². The molecule has 1 aliphatic heterocycles. The molecule has 1 fully saturated rings. The van der Waals surface area contributed by atoms with E-state index in [1.807, 2.05) is 53.9 Å². The fourth-order valence-electron chi connectivity index (χ4n) is 3.81. The van der Waals surface area contributed by atoms with E-state index in [-0.39, 0.29) is 5.91 Å². The van der Waals surface area contributed by atoms with Crippen LogP contribution in [0.2, 0.25) is 0 Å². The number of para-hydroxylation sites is 2. The Kier molecular flexibility index (Phi) is 4.03. The smallest absolute Gasteiger partial charge is 0.242 e. The van der Waals surface area contributed by atoms with Gasteiger partial charge < -0.3 is 14.0 Å². The topological polar surface area (TPSA) is 56.0 Å². The number of amides is 1. The molecule has 1 amide bonds. The second-order valence-corrected chi connectivity index (χ2v) is 6.89. The molecule has 1 aromatic carbocycles. The Morgan fingerprint density at radius 1 is 1.32 bits per heavy atom. The van der Waals surface area contributed by atoms with Crippen LogP contribution in [0.4, 0.5) is 0 Å². The lowest BCUT2D eigenvalue weighted by Crippen LogP contribution is -2.41. The first-order valence-corrected chi connectivity index (χ1v) is 8.79. The Bertz CT molecular complexity index is 910. The molecule has 3 aromatic rings. The Labute approximate surface area is 147 Å². The highest BCUT2D eigenvalue weighted by atomic mass is 16.2. The van der Waals surface area contributed by atoms with Crippen LogP contribution in [0.5, 0.6) is 0 Å². The summed E-state index contributed by atoms with van der Waals surface area (Å²) in [6.07, 6.45) is 5.91. The summed E-state index contributed by atoms with van der Waals surface area (Å²) in [5, 5.41) is 0. The molecular weight excluding hydrogens is 314 g/mol. The average Bonchev–Trinajstić information content (AvgIpc) is 3.18. The molecule has 6 heteroatoms. The van der Waals surface area contributed by atoms with Crippen LogP contribution in [0, 0.1) is 6.92 Å². The van der Waals surface area contributed by atoms with E-state index in [0.29, 0.717) is 12.5 Å². The molecule has 0 radical (unpaired) electrons. The molecule has 4 rings (SSSR count). The maximum absolute atomic E-state index is 12.8. The lowest BCUT2D eigenvalue weighted by Gasteiger charge is -2.32. The number of hydrogen-bond acceptors (Lipinski definition) is 3. The summed E-state index contributed by atoms with van der Waals surface area (Å²) >= 11 is 0. The second kappa shape index (κ2) is 6.35. The van der Waals surface area contributed by atoms with E-state index in [2.05, 4.69) is 14.5 Å². The number of aryl methyl sites for hydroxylation is 2. The number of rotatable bonds is 3. The Morgan fingerprint density at radius 2 is 2.16 bits per heavy atom. The van der Waals surface area contributed by atoms with Crippen LogP contribution in [-0.2, 0) is 18.4 Å². The fraction of sp³-hybridized carbons (Fsp3) is 0.421. The molecule has 1 atom stereocenters. The van der Waals surface area contributed by atoms with Crippen LogP contribution < -0.4 is 0 Å². The van der Waals surface area contributed by atoms with Crippen LogP contribution in [0.25, 0.3) is 11.0 Å². The third-order valence-electron chi connectivity index (χ3n) is 5.00. The zero-order chi connectivity index (χ0) is 17.4. The van der Waals surface area contributed by atoms with Crippen LogP contribution in [0.1, 0.15) is 30.3 Å². The SMILES string of the molecule is Cc1cn(C)c([C@H]2CCCN(C(=O)Cn3cnc4ccccc43)C2)n1. The van der Waals surface area contributed by atoms with Crippen molar-refractivity contribution in [3.63, 3.8) is 0 Å². The number of benzene rings is 1. The largest absolute Gasteiger partial charge is 0.340 e. The summed E-state index contributed by atoms with van der Waals surface area (Å²) in [6, 6.07) is 7.92. The van der Waals surface area contributed by atoms with Crippen molar-refractivity contribution in [2.24, 2.45) is 7.05 Å². The van der Waals surface area contributed by atoms with Crippen molar-refractivity contribution in [1.82, 2.24) is 24.0 Å². The molecule has 0 saturated carbocycles. The molecule has 25 heavy (non-hydrogen) atoms. The van der Waals surface area contributed by atoms with Gasteiger partial charge in [0.15, 0.2) is 0 Å². The minimum atomic E-state index is 0.152. The first-order valence-electron chi connectivity index (χ1n) is 8.79. The molecular formula is C19H23N5O. The summed E-state index contributed by atoms with van der Waals surface area (Å²) in [6.45, 7) is 3.92. The third-order valence-corrected chi connectivity index (χ3v) is 5.00. The van der Waals surface area contributed by atoms with Crippen molar-refractivity contribution in [1.29, 1.82) is 0 Å². The molecule has 0 spiro atoms. The minimum absolute atomic E-state index is 0.152. The summed E-state index contributed by atoms with van der Waals surface area (Å²) in [4.78, 5) is 23.8. The summed E-state index contributed by atoms with van der Waals surface area (Å²) < 4.78 is 4.03. The Balaban J connectivity index is 1.49. The van der Waals surface area contributed by atoms with E-state index in [4.69, 9.17) is 0 Å². The van der Waals surface area contributed by atoms with Gasteiger partial charge >= 0.3 is 0 Å². The number of likely N-dealkylation sites (tertiary alicyclic amines) is 1. The second-order valence-electron chi connectivity index (χ2n) is 6.89. The standard InChI is InChI=1S/C19H23N5O/c1-14-10-22(2)19(21-14)15-6-5-9-23(11-15)18(25)12-24-13-20-16-7-3-4-8-17(16)24/h3-4,7-8,10,13,15H,5-6,9,11-12H2,1-2H3/t15-/m0/s1. The molecule has 6 nitrogen and oxygen atoms in total. The summed E-state index contributed by atoms with van der Waals surface area (Å²) in [7, 11) is 2.04. The molecule has 0 aliphatic carbocycles. The zero-order valence-corrected chi connectivity index (χ0v) is 14.7. The Hall–Kier alpha value is -2.63. The van der Waals surface area contributed by atoms with Crippen molar-refractivity contribution in [3.05, 3.63) is 48.3 Å². The first kappa shape index (κ1) is 15.9. The average molecular weight is 337 g/mol. The highest BCUT2D eigenvalue weighted by Crippen LogP contribution is 2.26. The van der Waals surface area contributed by atoms with Gasteiger partial charge in [-0.3, -0.25) is 4.79 Å². The monoisotopic (exact) mass is 337 g/mol. The zero-order valence-electron chi connectivity index (χ0n) is 14.7. The molecule has 130 valence electrons. The summed E-state index contributed by atoms with van der Waals surface area (Å²) in [5.74, 6) is 1.55. The van der Waals surface area contributed by atoms with Gasteiger partial charge in [0.05, 0.1) is 23.1 Å². The van der Waals surface area contributed by atoms with Crippen LogP contribution in [-0.4, -0.2) is 43.0 Å². The maximum atomic E-state index is 12.8. The first-order chi connectivity index (χ1) is 12.1. The number of hydrogen-bond donors (Lipinski definition) is 0. The highest BCUT2D eigenvalue weighted by molar-refractivity contribution is 5.80. The quantitative estimate of drug-likeness (QED) is 0.738. The predicted octanol–water partition coefficient (Wildman–Crippen LogP) is 2.48. The van der Waals surface area contributed by atoms with Crippen LogP contribution in [0.15, 0.2) is 36.8 Å². The van der Waals surface area contributed by atoms with Crippen molar-refractivity contribution < 1.29 is 4.79 Å². The lowest BCUT2D eigenvalue weighted by atomic mass is 9.97. The van der Waals surface area contributed by atoms with Gasteiger partial charge in [0.25, 0.3) is 0 Å². The number of aromatic nitrogens is 4. The molecule has 3 heterocycles. The van der Waals surface area contributed by atoms with Gasteiger partial charge in [-0.1, -0.05) is 12.1 Å². The van der Waals surface area contributed by atoms with Crippen LogP contribution >= 0.6 is 0 Å². The number of fused-ring (bicyclic) bond motifs is 1. The summed E-state index contributed by atoms with van der Waals surface area (Å²) in [5.41, 5.74) is 2.96. The van der Waals surface area contributed by atoms with Gasteiger partial charge in [0.1, 0.15) is 12.4 Å². The predicted molar refractivity (Wildman–Crippen MR) is 96.2 cm³/mol. The molecule has 0 N–H and O–H groups in total. The maximum Gasteiger partial charge on any atom is 0.242 e. The number of nitrogens with zero attached hydrogens (tertiary/aromatic N) is 5. The van der Waals surface area contributed by atoms with E-state index in [0.717, 1.165) is 48.5 Å².